The van der Waals surface area contributed by atoms with Crippen molar-refractivity contribution in [1.29, 1.82) is 0 Å². The normalized spacial score (nSPS) is 12.1. The summed E-state index contributed by atoms with van der Waals surface area (Å²) in [5.41, 5.74) is 4.88. The van der Waals surface area contributed by atoms with Gasteiger partial charge < -0.3 is 5.73 Å². The highest BCUT2D eigenvalue weighted by Crippen LogP contribution is 2.31. The van der Waals surface area contributed by atoms with E-state index in [1.165, 1.54) is 0 Å². The molecule has 0 amide bonds. The van der Waals surface area contributed by atoms with Crippen LogP contribution in [0.25, 0.3) is 0 Å². The third kappa shape index (κ3) is 4.68. The lowest BCUT2D eigenvalue weighted by Gasteiger charge is -2.31. The lowest BCUT2D eigenvalue weighted by Crippen LogP contribution is -2.52. The molecule has 0 saturated heterocycles. The number of nitrogens with one attached hydrogen (secondary N) is 1. The Morgan fingerprint density at radius 2 is 1.67 bits per heavy atom. The zero-order chi connectivity index (χ0) is 15.6. The second-order valence-electron chi connectivity index (χ2n) is 4.50. The quantitative estimate of drug-likeness (QED) is 0.796. The summed E-state index contributed by atoms with van der Waals surface area (Å²) in [6.45, 7) is 3.79. The molecule has 0 aliphatic heterocycles. The molecule has 4 nitrogen and oxygen atoms in total. The summed E-state index contributed by atoms with van der Waals surface area (Å²) in [6, 6.07) is 1.81. The minimum absolute atomic E-state index is 0. The first-order valence-corrected chi connectivity index (χ1v) is 8.34. The number of nitrogens with two attached hydrogens (primary N) is 1. The highest BCUT2D eigenvalue weighted by Gasteiger charge is 2.33. The van der Waals surface area contributed by atoms with E-state index in [4.69, 9.17) is 28.9 Å². The van der Waals surface area contributed by atoms with E-state index >= 15 is 0 Å². The molecule has 21 heavy (non-hydrogen) atoms. The second kappa shape index (κ2) is 7.94. The predicted octanol–water partition coefficient (Wildman–Crippen LogP) is 3.35. The van der Waals surface area contributed by atoms with Gasteiger partial charge in [-0.3, -0.25) is 0 Å². The van der Waals surface area contributed by atoms with Gasteiger partial charge in [0.15, 0.2) is 0 Å². The van der Waals surface area contributed by atoms with Gasteiger partial charge >= 0.3 is 0 Å². The SMILES string of the molecule is CCC(CC)(CN)NS(=O)(=O)c1c(Cl)cc(F)cc1Cl.Cl. The summed E-state index contributed by atoms with van der Waals surface area (Å²) in [5.74, 6) is -0.699. The maximum Gasteiger partial charge on any atom is 0.244 e. The Hall–Kier alpha value is -0.110. The fraction of sp³-hybridized carbons (Fsp3) is 0.500. The van der Waals surface area contributed by atoms with E-state index in [1.54, 1.807) is 0 Å². The van der Waals surface area contributed by atoms with Crippen molar-refractivity contribution in [3.05, 3.63) is 28.0 Å². The van der Waals surface area contributed by atoms with Gasteiger partial charge in [-0.1, -0.05) is 37.0 Å². The summed E-state index contributed by atoms with van der Waals surface area (Å²) in [7, 11) is -3.99. The van der Waals surface area contributed by atoms with Gasteiger partial charge in [-0.25, -0.2) is 17.5 Å². The molecule has 1 aromatic carbocycles. The molecule has 0 aromatic heterocycles. The van der Waals surface area contributed by atoms with Crippen LogP contribution in [0.15, 0.2) is 17.0 Å². The zero-order valence-corrected chi connectivity index (χ0v) is 14.8. The number of hydrogen-bond acceptors (Lipinski definition) is 3. The topological polar surface area (TPSA) is 72.2 Å². The second-order valence-corrected chi connectivity index (χ2v) is 6.93. The summed E-state index contributed by atoms with van der Waals surface area (Å²) in [6.07, 6.45) is 1.02. The van der Waals surface area contributed by atoms with Crippen LogP contribution in [0.1, 0.15) is 26.7 Å². The highest BCUT2D eigenvalue weighted by atomic mass is 35.5. The first-order valence-electron chi connectivity index (χ1n) is 6.10. The van der Waals surface area contributed by atoms with E-state index in [0.29, 0.717) is 12.8 Å². The minimum Gasteiger partial charge on any atom is -0.329 e. The first-order chi connectivity index (χ1) is 9.21. The Kier molecular flexibility index (Phi) is 7.90. The van der Waals surface area contributed by atoms with Crippen LogP contribution in [-0.4, -0.2) is 20.5 Å². The molecule has 0 aliphatic carbocycles. The van der Waals surface area contributed by atoms with Crippen molar-refractivity contribution in [1.82, 2.24) is 4.72 Å². The Bertz CT molecular complexity index is 561. The summed E-state index contributed by atoms with van der Waals surface area (Å²) in [4.78, 5) is -0.332. The summed E-state index contributed by atoms with van der Waals surface area (Å²) in [5, 5.41) is -0.527. The van der Waals surface area contributed by atoms with E-state index in [9.17, 15) is 12.8 Å². The lowest BCUT2D eigenvalue weighted by atomic mass is 9.95. The number of sulfonamides is 1. The first kappa shape index (κ1) is 20.9. The van der Waals surface area contributed by atoms with Gasteiger partial charge in [-0.15, -0.1) is 12.4 Å². The average molecular weight is 380 g/mol. The highest BCUT2D eigenvalue weighted by molar-refractivity contribution is 7.89. The van der Waals surface area contributed by atoms with Crippen molar-refractivity contribution in [3.63, 3.8) is 0 Å². The van der Waals surface area contributed by atoms with Gasteiger partial charge in [0.25, 0.3) is 0 Å². The van der Waals surface area contributed by atoms with Crippen molar-refractivity contribution >= 4 is 45.6 Å². The van der Waals surface area contributed by atoms with E-state index in [2.05, 4.69) is 4.72 Å². The van der Waals surface area contributed by atoms with Crippen LogP contribution in [-0.2, 0) is 10.0 Å². The molecule has 9 heteroatoms. The van der Waals surface area contributed by atoms with Gasteiger partial charge in [-0.05, 0) is 25.0 Å². The molecule has 3 N–H and O–H groups in total. The monoisotopic (exact) mass is 378 g/mol. The standard InChI is InChI=1S/C12H17Cl2FN2O2S.ClH/c1-3-12(4-2,7-16)17-20(18,19)11-9(13)5-8(15)6-10(11)14;/h5-6,17H,3-4,7,16H2,1-2H3;1H. The van der Waals surface area contributed by atoms with Gasteiger partial charge in [0.2, 0.25) is 10.0 Å². The summed E-state index contributed by atoms with van der Waals surface area (Å²) >= 11 is 11.6. The Morgan fingerprint density at radius 3 is 2.00 bits per heavy atom. The van der Waals surface area contributed by atoms with Gasteiger partial charge in [-0.2, -0.15) is 0 Å². The molecule has 0 aliphatic rings. The molecule has 0 fully saturated rings. The average Bonchev–Trinajstić information content (AvgIpc) is 2.34. The molecular formula is C12H18Cl3FN2O2S. The fourth-order valence-electron chi connectivity index (χ4n) is 1.85. The predicted molar refractivity (Wildman–Crippen MR) is 86.4 cm³/mol. The van der Waals surface area contributed by atoms with Crippen LogP contribution in [0.5, 0.6) is 0 Å². The van der Waals surface area contributed by atoms with Gasteiger partial charge in [0.1, 0.15) is 10.7 Å². The van der Waals surface area contributed by atoms with Crippen LogP contribution < -0.4 is 10.5 Å². The Labute approximate surface area is 140 Å². The molecule has 1 aromatic rings. The summed E-state index contributed by atoms with van der Waals surface area (Å²) < 4.78 is 40.5. The number of rotatable bonds is 6. The Morgan fingerprint density at radius 1 is 1.24 bits per heavy atom. The maximum atomic E-state index is 13.1. The smallest absolute Gasteiger partial charge is 0.244 e. The molecule has 0 heterocycles. The van der Waals surface area contributed by atoms with Crippen LogP contribution in [0.4, 0.5) is 4.39 Å². The third-order valence-electron chi connectivity index (χ3n) is 3.33. The zero-order valence-electron chi connectivity index (χ0n) is 11.6. The van der Waals surface area contributed by atoms with Crippen LogP contribution in [0, 0.1) is 5.82 Å². The van der Waals surface area contributed by atoms with E-state index in [0.717, 1.165) is 12.1 Å². The molecule has 0 bridgehead atoms. The lowest BCUT2D eigenvalue weighted by molar-refractivity contribution is 0.363. The molecular weight excluding hydrogens is 362 g/mol. The van der Waals surface area contributed by atoms with Crippen molar-refractivity contribution in [3.8, 4) is 0 Å². The molecule has 0 atom stereocenters. The molecule has 0 saturated carbocycles. The molecule has 0 spiro atoms. The Balaban J connectivity index is 0.00000400. The van der Waals surface area contributed by atoms with E-state index in [1.807, 2.05) is 13.8 Å². The number of hydrogen-bond donors (Lipinski definition) is 2. The third-order valence-corrected chi connectivity index (χ3v) is 5.83. The molecule has 1 rings (SSSR count). The van der Waals surface area contributed by atoms with Crippen molar-refractivity contribution in [2.45, 2.75) is 37.1 Å². The van der Waals surface area contributed by atoms with E-state index < -0.39 is 21.4 Å². The van der Waals surface area contributed by atoms with Crippen LogP contribution >= 0.6 is 35.6 Å². The van der Waals surface area contributed by atoms with E-state index in [-0.39, 0.29) is 33.9 Å². The number of halogens is 4. The van der Waals surface area contributed by atoms with Crippen molar-refractivity contribution in [2.24, 2.45) is 5.73 Å². The van der Waals surface area contributed by atoms with Gasteiger partial charge in [0, 0.05) is 12.1 Å². The maximum absolute atomic E-state index is 13.1. The minimum atomic E-state index is -3.99. The fourth-order valence-corrected chi connectivity index (χ4v) is 4.59. The van der Waals surface area contributed by atoms with Gasteiger partial charge in [0.05, 0.1) is 10.0 Å². The van der Waals surface area contributed by atoms with Crippen LogP contribution in [0.3, 0.4) is 0 Å². The van der Waals surface area contributed by atoms with Crippen molar-refractivity contribution in [2.75, 3.05) is 6.54 Å². The largest absolute Gasteiger partial charge is 0.329 e. The number of benzene rings is 1. The van der Waals surface area contributed by atoms with Crippen LogP contribution in [0.2, 0.25) is 10.0 Å². The molecule has 0 radical (unpaired) electrons. The van der Waals surface area contributed by atoms with Crippen molar-refractivity contribution < 1.29 is 12.8 Å². The molecule has 0 unspecified atom stereocenters. The molecule has 122 valence electrons.